The maximum absolute atomic E-state index is 12.6. The van der Waals surface area contributed by atoms with Gasteiger partial charge in [0.2, 0.25) is 0 Å². The number of aryl methyl sites for hydroxylation is 1. The molecule has 0 radical (unpaired) electrons. The topological polar surface area (TPSA) is 20.2 Å². The standard InChI is InChI=1S/C10H7BrF6O/c1-5-2-6(4-7(11)3-5)8(18,9(12,13)14)10(15,16)17/h2-4,18H,1H3. The summed E-state index contributed by atoms with van der Waals surface area (Å²) in [6.45, 7) is 1.32. The highest BCUT2D eigenvalue weighted by atomic mass is 79.9. The van der Waals surface area contributed by atoms with Crippen molar-refractivity contribution in [3.63, 3.8) is 0 Å². The second-order valence-corrected chi connectivity index (χ2v) is 4.64. The maximum atomic E-state index is 12.6. The van der Waals surface area contributed by atoms with Gasteiger partial charge >= 0.3 is 12.4 Å². The van der Waals surface area contributed by atoms with Crippen LogP contribution in [0.25, 0.3) is 0 Å². The summed E-state index contributed by atoms with van der Waals surface area (Å²) in [5.41, 5.74) is -5.99. The minimum absolute atomic E-state index is 0.0180. The summed E-state index contributed by atoms with van der Waals surface area (Å²) in [7, 11) is 0. The fourth-order valence-corrected chi connectivity index (χ4v) is 2.04. The number of hydrogen-bond donors (Lipinski definition) is 1. The van der Waals surface area contributed by atoms with E-state index in [2.05, 4.69) is 15.9 Å². The summed E-state index contributed by atoms with van der Waals surface area (Å²) in [6, 6.07) is 2.57. The Bertz CT molecular complexity index is 416. The summed E-state index contributed by atoms with van der Waals surface area (Å²) in [4.78, 5) is 0. The van der Waals surface area contributed by atoms with E-state index in [-0.39, 0.29) is 10.0 Å². The first-order valence-electron chi connectivity index (χ1n) is 4.53. The fraction of sp³-hybridized carbons (Fsp3) is 0.400. The SMILES string of the molecule is Cc1cc(Br)cc(C(O)(C(F)(F)F)C(F)(F)F)c1. The van der Waals surface area contributed by atoms with Crippen LogP contribution in [0.5, 0.6) is 0 Å². The minimum atomic E-state index is -5.86. The lowest BCUT2D eigenvalue weighted by atomic mass is 9.91. The van der Waals surface area contributed by atoms with E-state index in [1.54, 1.807) is 0 Å². The lowest BCUT2D eigenvalue weighted by Gasteiger charge is -2.32. The zero-order valence-corrected chi connectivity index (χ0v) is 10.4. The van der Waals surface area contributed by atoms with Gasteiger partial charge in [0.15, 0.2) is 0 Å². The minimum Gasteiger partial charge on any atom is -0.369 e. The Hall–Kier alpha value is -0.760. The second kappa shape index (κ2) is 4.41. The molecule has 0 atom stereocenters. The zero-order chi connectivity index (χ0) is 14.4. The molecule has 8 heteroatoms. The first kappa shape index (κ1) is 15.3. The summed E-state index contributed by atoms with van der Waals surface area (Å²) >= 11 is 2.79. The maximum Gasteiger partial charge on any atom is 0.430 e. The first-order valence-corrected chi connectivity index (χ1v) is 5.32. The average Bonchev–Trinajstić information content (AvgIpc) is 2.11. The summed E-state index contributed by atoms with van der Waals surface area (Å²) in [5.74, 6) is 0. The molecule has 0 heterocycles. The van der Waals surface area contributed by atoms with Crippen LogP contribution >= 0.6 is 15.9 Å². The van der Waals surface area contributed by atoms with E-state index in [0.717, 1.165) is 0 Å². The lowest BCUT2D eigenvalue weighted by molar-refractivity contribution is -0.376. The Balaban J connectivity index is 3.55. The van der Waals surface area contributed by atoms with E-state index in [9.17, 15) is 26.3 Å². The van der Waals surface area contributed by atoms with Crippen molar-refractivity contribution in [2.75, 3.05) is 0 Å². The van der Waals surface area contributed by atoms with Crippen LogP contribution in [0, 0.1) is 6.92 Å². The highest BCUT2D eigenvalue weighted by Crippen LogP contribution is 2.50. The second-order valence-electron chi connectivity index (χ2n) is 3.72. The fourth-order valence-electron chi connectivity index (χ4n) is 1.43. The van der Waals surface area contributed by atoms with Gasteiger partial charge in [-0.1, -0.05) is 22.0 Å². The molecule has 0 bridgehead atoms. The van der Waals surface area contributed by atoms with Crippen LogP contribution in [-0.2, 0) is 5.60 Å². The van der Waals surface area contributed by atoms with Crippen LogP contribution in [0.1, 0.15) is 11.1 Å². The van der Waals surface area contributed by atoms with Gasteiger partial charge < -0.3 is 5.11 Å². The van der Waals surface area contributed by atoms with E-state index in [1.165, 1.54) is 13.0 Å². The van der Waals surface area contributed by atoms with E-state index in [1.807, 2.05) is 0 Å². The third-order valence-corrected chi connectivity index (χ3v) is 2.74. The van der Waals surface area contributed by atoms with Crippen LogP contribution in [0.2, 0.25) is 0 Å². The number of rotatable bonds is 1. The third kappa shape index (κ3) is 2.49. The number of benzene rings is 1. The van der Waals surface area contributed by atoms with Crippen LogP contribution in [0.4, 0.5) is 26.3 Å². The van der Waals surface area contributed by atoms with Gasteiger partial charge in [0.1, 0.15) is 0 Å². The number of aliphatic hydroxyl groups is 1. The molecule has 0 saturated carbocycles. The van der Waals surface area contributed by atoms with E-state index >= 15 is 0 Å². The van der Waals surface area contributed by atoms with Crippen LogP contribution < -0.4 is 0 Å². The smallest absolute Gasteiger partial charge is 0.369 e. The van der Waals surface area contributed by atoms with Crippen molar-refractivity contribution in [1.82, 2.24) is 0 Å². The Morgan fingerprint density at radius 1 is 0.944 bits per heavy atom. The zero-order valence-electron chi connectivity index (χ0n) is 8.83. The molecule has 0 fully saturated rings. The molecule has 18 heavy (non-hydrogen) atoms. The van der Waals surface area contributed by atoms with Crippen molar-refractivity contribution in [1.29, 1.82) is 0 Å². The molecule has 0 aliphatic rings. The van der Waals surface area contributed by atoms with Crippen LogP contribution in [0.15, 0.2) is 22.7 Å². The Morgan fingerprint density at radius 2 is 1.39 bits per heavy atom. The number of hydrogen-bond acceptors (Lipinski definition) is 1. The molecule has 1 rings (SSSR count). The molecule has 0 spiro atoms. The third-order valence-electron chi connectivity index (χ3n) is 2.28. The molecule has 0 saturated heterocycles. The number of alkyl halides is 6. The normalized spacial score (nSPS) is 13.8. The lowest BCUT2D eigenvalue weighted by Crippen LogP contribution is -2.53. The monoisotopic (exact) mass is 336 g/mol. The van der Waals surface area contributed by atoms with E-state index in [0.29, 0.717) is 12.1 Å². The van der Waals surface area contributed by atoms with E-state index < -0.39 is 23.5 Å². The molecule has 102 valence electrons. The summed E-state index contributed by atoms with van der Waals surface area (Å²) in [5, 5.41) is 9.13. The Morgan fingerprint density at radius 3 is 1.72 bits per heavy atom. The van der Waals surface area contributed by atoms with Crippen molar-refractivity contribution in [3.05, 3.63) is 33.8 Å². The van der Waals surface area contributed by atoms with Crippen molar-refractivity contribution in [2.24, 2.45) is 0 Å². The van der Waals surface area contributed by atoms with Gasteiger partial charge in [0.25, 0.3) is 5.60 Å². The highest BCUT2D eigenvalue weighted by molar-refractivity contribution is 9.10. The van der Waals surface area contributed by atoms with Gasteiger partial charge in [-0.15, -0.1) is 0 Å². The molecule has 0 amide bonds. The Labute approximate surface area is 107 Å². The summed E-state index contributed by atoms with van der Waals surface area (Å²) < 4.78 is 75.4. The van der Waals surface area contributed by atoms with Gasteiger partial charge in [0.05, 0.1) is 0 Å². The number of halogens is 7. The van der Waals surface area contributed by atoms with Crippen molar-refractivity contribution >= 4 is 15.9 Å². The summed E-state index contributed by atoms with van der Waals surface area (Å²) in [6.07, 6.45) is -11.7. The largest absolute Gasteiger partial charge is 0.430 e. The Kier molecular flexibility index (Phi) is 3.75. The van der Waals surface area contributed by atoms with Gasteiger partial charge in [0, 0.05) is 10.0 Å². The van der Waals surface area contributed by atoms with Crippen LogP contribution in [-0.4, -0.2) is 17.5 Å². The molecule has 0 unspecified atom stereocenters. The van der Waals surface area contributed by atoms with Crippen molar-refractivity contribution in [2.45, 2.75) is 24.9 Å². The molecular weight excluding hydrogens is 330 g/mol. The molecule has 0 aliphatic carbocycles. The molecule has 1 aromatic rings. The van der Waals surface area contributed by atoms with Gasteiger partial charge in [-0.05, 0) is 24.6 Å². The van der Waals surface area contributed by atoms with Gasteiger partial charge in [-0.2, -0.15) is 26.3 Å². The van der Waals surface area contributed by atoms with E-state index in [4.69, 9.17) is 5.11 Å². The van der Waals surface area contributed by atoms with Crippen molar-refractivity contribution in [3.8, 4) is 0 Å². The first-order chi connectivity index (χ1) is 7.89. The van der Waals surface area contributed by atoms with Gasteiger partial charge in [-0.3, -0.25) is 0 Å². The van der Waals surface area contributed by atoms with Crippen LogP contribution in [0.3, 0.4) is 0 Å². The predicted octanol–water partition coefficient (Wildman–Crippen LogP) is 4.07. The highest BCUT2D eigenvalue weighted by Gasteiger charge is 2.71. The average molecular weight is 337 g/mol. The molecule has 0 aromatic heterocycles. The molecule has 1 aromatic carbocycles. The molecular formula is C10H7BrF6O. The van der Waals surface area contributed by atoms with Crippen molar-refractivity contribution < 1.29 is 31.4 Å². The van der Waals surface area contributed by atoms with Gasteiger partial charge in [-0.25, -0.2) is 0 Å². The predicted molar refractivity (Wildman–Crippen MR) is 54.9 cm³/mol. The molecule has 1 N–H and O–H groups in total. The molecule has 0 aliphatic heterocycles. The molecule has 1 nitrogen and oxygen atoms in total. The quantitative estimate of drug-likeness (QED) is 0.766.